The second-order valence-electron chi connectivity index (χ2n) is 6.53. The molecule has 0 aliphatic heterocycles. The van der Waals surface area contributed by atoms with Crippen LogP contribution in [0.1, 0.15) is 43.5 Å². The van der Waals surface area contributed by atoms with Crippen molar-refractivity contribution in [1.29, 1.82) is 0 Å². The van der Waals surface area contributed by atoms with Gasteiger partial charge < -0.3 is 4.74 Å². The van der Waals surface area contributed by atoms with Gasteiger partial charge >= 0.3 is 5.97 Å². The minimum Gasteiger partial charge on any atom is -0.468 e. The predicted molar refractivity (Wildman–Crippen MR) is 83.3 cm³/mol. The second-order valence-corrected chi connectivity index (χ2v) is 8.28. The lowest BCUT2D eigenvalue weighted by molar-refractivity contribution is -0.158. The van der Waals surface area contributed by atoms with E-state index >= 15 is 0 Å². The zero-order valence-electron chi connectivity index (χ0n) is 14.0. The van der Waals surface area contributed by atoms with E-state index in [1.165, 1.54) is 11.4 Å². The predicted octanol–water partition coefficient (Wildman–Crippen LogP) is 1.29. The molecule has 2 aliphatic carbocycles. The number of aromatic nitrogens is 2. The smallest absolute Gasteiger partial charge is 0.327 e. The molecule has 0 N–H and O–H groups in total. The minimum absolute atomic E-state index is 0.113. The van der Waals surface area contributed by atoms with Gasteiger partial charge in [-0.1, -0.05) is 0 Å². The molecule has 3 rings (SSSR count). The molecule has 0 aromatic carbocycles. The van der Waals surface area contributed by atoms with E-state index in [9.17, 15) is 13.2 Å². The number of hydrogen-bond donors (Lipinski definition) is 0. The van der Waals surface area contributed by atoms with Gasteiger partial charge in [-0.2, -0.15) is 9.40 Å². The molecule has 0 amide bonds. The number of rotatable bonds is 5. The lowest BCUT2D eigenvalue weighted by atomic mass is 9.76. The molecule has 1 aromatic rings. The van der Waals surface area contributed by atoms with Gasteiger partial charge in [-0.05, 0) is 46.0 Å². The molecule has 0 saturated heterocycles. The molecule has 1 aromatic heterocycles. The summed E-state index contributed by atoms with van der Waals surface area (Å²) in [6.07, 6.45) is 3.45. The molecule has 2 aliphatic rings. The third-order valence-electron chi connectivity index (χ3n) is 5.01. The van der Waals surface area contributed by atoms with E-state index in [4.69, 9.17) is 4.74 Å². The third-order valence-corrected chi connectivity index (χ3v) is 7.28. The molecule has 2 fully saturated rings. The van der Waals surface area contributed by atoms with Crippen LogP contribution in [0, 0.1) is 13.8 Å². The largest absolute Gasteiger partial charge is 0.468 e. The standard InChI is InChI=1S/C15H23N3O4S/c1-10-13(11(2)17(3)16-10)23(20,21)18(12-6-7-12)15(8-5-9-15)14(19)22-4/h12H,5-9H2,1-4H3. The third kappa shape index (κ3) is 2.30. The fraction of sp³-hybridized carbons (Fsp3) is 0.733. The van der Waals surface area contributed by atoms with Crippen molar-refractivity contribution in [2.45, 2.75) is 62.4 Å². The molecule has 7 nitrogen and oxygen atoms in total. The maximum absolute atomic E-state index is 13.4. The average molecular weight is 341 g/mol. The molecule has 0 spiro atoms. The SMILES string of the molecule is COC(=O)C1(N(C2CC2)S(=O)(=O)c2c(C)nn(C)c2C)CCC1. The van der Waals surface area contributed by atoms with E-state index < -0.39 is 21.5 Å². The van der Waals surface area contributed by atoms with Crippen molar-refractivity contribution in [3.63, 3.8) is 0 Å². The van der Waals surface area contributed by atoms with Crippen molar-refractivity contribution in [2.24, 2.45) is 7.05 Å². The number of carbonyl (C=O) groups is 1. The van der Waals surface area contributed by atoms with Crippen LogP contribution < -0.4 is 0 Å². The normalized spacial score (nSPS) is 20.4. The van der Waals surface area contributed by atoms with Crippen LogP contribution in [0.25, 0.3) is 0 Å². The van der Waals surface area contributed by atoms with Gasteiger partial charge in [0.15, 0.2) is 0 Å². The zero-order valence-corrected chi connectivity index (χ0v) is 14.8. The highest BCUT2D eigenvalue weighted by Gasteiger charge is 2.59. The highest BCUT2D eigenvalue weighted by atomic mass is 32.2. The van der Waals surface area contributed by atoms with Crippen LogP contribution >= 0.6 is 0 Å². The molecular formula is C15H23N3O4S. The first kappa shape index (κ1) is 16.4. The Bertz CT molecular complexity index is 745. The summed E-state index contributed by atoms with van der Waals surface area (Å²) in [7, 11) is -0.758. The molecule has 128 valence electrons. The molecule has 23 heavy (non-hydrogen) atoms. The number of carbonyl (C=O) groups excluding carboxylic acids is 1. The summed E-state index contributed by atoms with van der Waals surface area (Å²) in [5.74, 6) is -0.446. The number of esters is 1. The lowest BCUT2D eigenvalue weighted by Crippen LogP contribution is -2.62. The maximum Gasteiger partial charge on any atom is 0.327 e. The van der Waals surface area contributed by atoms with Gasteiger partial charge in [-0.15, -0.1) is 0 Å². The Morgan fingerprint density at radius 1 is 1.35 bits per heavy atom. The number of sulfonamides is 1. The number of aryl methyl sites for hydroxylation is 2. The number of ether oxygens (including phenoxy) is 1. The first-order valence-electron chi connectivity index (χ1n) is 7.89. The Balaban J connectivity index is 2.13. The van der Waals surface area contributed by atoms with Gasteiger partial charge in [0.05, 0.1) is 18.5 Å². The van der Waals surface area contributed by atoms with E-state index in [1.807, 2.05) is 0 Å². The van der Waals surface area contributed by atoms with E-state index in [-0.39, 0.29) is 10.9 Å². The summed E-state index contributed by atoms with van der Waals surface area (Å²) in [5, 5.41) is 4.22. The molecule has 0 radical (unpaired) electrons. The van der Waals surface area contributed by atoms with E-state index in [0.29, 0.717) is 24.2 Å². The van der Waals surface area contributed by atoms with Crippen LogP contribution in [0.15, 0.2) is 4.90 Å². The van der Waals surface area contributed by atoms with Crippen molar-refractivity contribution in [3.05, 3.63) is 11.4 Å². The Labute approximate surface area is 136 Å². The fourth-order valence-electron chi connectivity index (χ4n) is 3.53. The average Bonchev–Trinajstić information content (AvgIpc) is 3.21. The maximum atomic E-state index is 13.4. The van der Waals surface area contributed by atoms with Crippen LogP contribution in [0.5, 0.6) is 0 Å². The molecule has 2 saturated carbocycles. The Morgan fingerprint density at radius 2 is 1.96 bits per heavy atom. The first-order chi connectivity index (χ1) is 10.8. The summed E-state index contributed by atoms with van der Waals surface area (Å²) in [4.78, 5) is 12.6. The molecular weight excluding hydrogens is 318 g/mol. The molecule has 8 heteroatoms. The zero-order chi connectivity index (χ0) is 17.0. The Kier molecular flexibility index (Phi) is 3.79. The number of nitrogens with zero attached hydrogens (tertiary/aromatic N) is 3. The molecule has 0 unspecified atom stereocenters. The van der Waals surface area contributed by atoms with Crippen LogP contribution in [0.2, 0.25) is 0 Å². The van der Waals surface area contributed by atoms with Crippen molar-refractivity contribution in [2.75, 3.05) is 7.11 Å². The summed E-state index contributed by atoms with van der Waals surface area (Å²) >= 11 is 0. The van der Waals surface area contributed by atoms with Crippen molar-refractivity contribution >= 4 is 16.0 Å². The fourth-order valence-corrected chi connectivity index (χ4v) is 5.96. The van der Waals surface area contributed by atoms with Gasteiger partial charge in [0, 0.05) is 13.1 Å². The lowest BCUT2D eigenvalue weighted by Gasteiger charge is -2.46. The van der Waals surface area contributed by atoms with Gasteiger partial charge in [0.1, 0.15) is 10.4 Å². The number of methoxy groups -OCH3 is 1. The van der Waals surface area contributed by atoms with Crippen molar-refractivity contribution in [3.8, 4) is 0 Å². The van der Waals surface area contributed by atoms with Crippen LogP contribution in [-0.4, -0.2) is 47.2 Å². The highest BCUT2D eigenvalue weighted by Crippen LogP contribution is 2.48. The van der Waals surface area contributed by atoms with E-state index in [1.54, 1.807) is 25.6 Å². The minimum atomic E-state index is -3.80. The molecule has 1 heterocycles. The summed E-state index contributed by atoms with van der Waals surface area (Å²) in [5.41, 5.74) is 0.0196. The first-order valence-corrected chi connectivity index (χ1v) is 9.33. The summed E-state index contributed by atoms with van der Waals surface area (Å²) in [6, 6.07) is -0.113. The van der Waals surface area contributed by atoms with E-state index in [0.717, 1.165) is 19.3 Å². The molecule has 0 bridgehead atoms. The summed E-state index contributed by atoms with van der Waals surface area (Å²) < 4.78 is 34.7. The number of hydrogen-bond acceptors (Lipinski definition) is 5. The van der Waals surface area contributed by atoms with Gasteiger partial charge in [0.2, 0.25) is 10.0 Å². The molecule has 0 atom stereocenters. The van der Waals surface area contributed by atoms with Crippen LogP contribution in [0.4, 0.5) is 0 Å². The van der Waals surface area contributed by atoms with E-state index in [2.05, 4.69) is 5.10 Å². The Hall–Kier alpha value is -1.41. The van der Waals surface area contributed by atoms with Crippen LogP contribution in [0.3, 0.4) is 0 Å². The quantitative estimate of drug-likeness (QED) is 0.754. The summed E-state index contributed by atoms with van der Waals surface area (Å²) in [6.45, 7) is 3.43. The second kappa shape index (κ2) is 5.31. The Morgan fingerprint density at radius 3 is 2.30 bits per heavy atom. The van der Waals surface area contributed by atoms with Gasteiger partial charge in [0.25, 0.3) is 0 Å². The van der Waals surface area contributed by atoms with Gasteiger partial charge in [-0.3, -0.25) is 9.48 Å². The topological polar surface area (TPSA) is 81.5 Å². The van der Waals surface area contributed by atoms with Crippen molar-refractivity contribution in [1.82, 2.24) is 14.1 Å². The van der Waals surface area contributed by atoms with Crippen molar-refractivity contribution < 1.29 is 17.9 Å². The van der Waals surface area contributed by atoms with Crippen LogP contribution in [-0.2, 0) is 26.6 Å². The van der Waals surface area contributed by atoms with Gasteiger partial charge in [-0.25, -0.2) is 8.42 Å². The monoisotopic (exact) mass is 341 g/mol. The highest BCUT2D eigenvalue weighted by molar-refractivity contribution is 7.89.